The van der Waals surface area contributed by atoms with Crippen molar-refractivity contribution in [1.29, 1.82) is 0 Å². The van der Waals surface area contributed by atoms with Crippen molar-refractivity contribution in [2.24, 2.45) is 11.5 Å². The third-order valence-electron chi connectivity index (χ3n) is 2.64. The van der Waals surface area contributed by atoms with Gasteiger partial charge in [0, 0.05) is 22.5 Å². The van der Waals surface area contributed by atoms with Gasteiger partial charge in [0.2, 0.25) is 5.91 Å². The molecule has 0 atom stereocenters. The van der Waals surface area contributed by atoms with Crippen LogP contribution in [0.1, 0.15) is 15.9 Å². The summed E-state index contributed by atoms with van der Waals surface area (Å²) in [5.41, 5.74) is 13.7. The van der Waals surface area contributed by atoms with Crippen molar-refractivity contribution >= 4 is 34.5 Å². The molecule has 2 aromatic carbocycles. The van der Waals surface area contributed by atoms with Crippen LogP contribution in [0.3, 0.4) is 0 Å². The third kappa shape index (κ3) is 3.08. The molecule has 0 radical (unpaired) electrons. The minimum atomic E-state index is -0.449. The molecule has 0 saturated heterocycles. The van der Waals surface area contributed by atoms with E-state index in [1.165, 1.54) is 0 Å². The zero-order valence-electron chi connectivity index (χ0n) is 10.1. The van der Waals surface area contributed by atoms with Crippen molar-refractivity contribution in [3.63, 3.8) is 0 Å². The van der Waals surface area contributed by atoms with Crippen molar-refractivity contribution in [1.82, 2.24) is 0 Å². The van der Waals surface area contributed by atoms with Gasteiger partial charge in [0.1, 0.15) is 4.99 Å². The number of para-hydroxylation sites is 1. The number of amides is 1. The van der Waals surface area contributed by atoms with Crippen LogP contribution in [0.15, 0.2) is 48.5 Å². The highest BCUT2D eigenvalue weighted by Crippen LogP contribution is 2.21. The van der Waals surface area contributed by atoms with Crippen LogP contribution in [-0.4, -0.2) is 10.9 Å². The highest BCUT2D eigenvalue weighted by molar-refractivity contribution is 7.80. The smallest absolute Gasteiger partial charge is 0.248 e. The molecular weight excluding hydrogens is 258 g/mol. The van der Waals surface area contributed by atoms with Crippen molar-refractivity contribution in [3.8, 4) is 0 Å². The quantitative estimate of drug-likeness (QED) is 0.744. The Bertz CT molecular complexity index is 623. The number of hydrogen-bond acceptors (Lipinski definition) is 3. The minimum absolute atomic E-state index is 0.330. The standard InChI is InChI=1S/C14H13N3OS/c15-13(18)9-5-7-10(8-6-9)17-12-4-2-1-3-11(12)14(16)19/h1-8,17H,(H2,15,18)(H2,16,19). The van der Waals surface area contributed by atoms with Crippen LogP contribution in [0.25, 0.3) is 0 Å². The van der Waals surface area contributed by atoms with Gasteiger partial charge in [-0.25, -0.2) is 0 Å². The molecule has 0 aliphatic heterocycles. The lowest BCUT2D eigenvalue weighted by Gasteiger charge is -2.11. The van der Waals surface area contributed by atoms with E-state index in [4.69, 9.17) is 23.7 Å². The Morgan fingerprint density at radius 3 is 2.21 bits per heavy atom. The second-order valence-corrected chi connectivity index (χ2v) is 4.42. The number of benzene rings is 2. The molecule has 2 aromatic rings. The number of anilines is 2. The van der Waals surface area contributed by atoms with Gasteiger partial charge in [-0.2, -0.15) is 0 Å². The number of thiocarbonyl (C=S) groups is 1. The average molecular weight is 271 g/mol. The third-order valence-corrected chi connectivity index (χ3v) is 2.86. The number of rotatable bonds is 4. The first-order chi connectivity index (χ1) is 9.08. The van der Waals surface area contributed by atoms with E-state index in [0.717, 1.165) is 16.9 Å². The molecular formula is C14H13N3OS. The van der Waals surface area contributed by atoms with Crippen LogP contribution in [0.4, 0.5) is 11.4 Å². The number of hydrogen-bond donors (Lipinski definition) is 3. The molecule has 0 bridgehead atoms. The van der Waals surface area contributed by atoms with Gasteiger partial charge in [-0.3, -0.25) is 4.79 Å². The summed E-state index contributed by atoms with van der Waals surface area (Å²) in [6, 6.07) is 14.4. The van der Waals surface area contributed by atoms with Crippen molar-refractivity contribution in [3.05, 3.63) is 59.7 Å². The van der Waals surface area contributed by atoms with Gasteiger partial charge in [0.25, 0.3) is 0 Å². The molecule has 5 heteroatoms. The molecule has 19 heavy (non-hydrogen) atoms. The fourth-order valence-corrected chi connectivity index (χ4v) is 1.86. The molecule has 1 amide bonds. The molecule has 2 rings (SSSR count). The van der Waals surface area contributed by atoms with E-state index < -0.39 is 5.91 Å². The topological polar surface area (TPSA) is 81.1 Å². The van der Waals surface area contributed by atoms with Gasteiger partial charge >= 0.3 is 0 Å². The highest BCUT2D eigenvalue weighted by Gasteiger charge is 2.05. The number of carbonyl (C=O) groups is 1. The summed E-state index contributed by atoms with van der Waals surface area (Å²) < 4.78 is 0. The molecule has 0 saturated carbocycles. The maximum absolute atomic E-state index is 11.0. The van der Waals surface area contributed by atoms with Crippen LogP contribution in [0.5, 0.6) is 0 Å². The number of primary amides is 1. The fourth-order valence-electron chi connectivity index (χ4n) is 1.68. The van der Waals surface area contributed by atoms with Gasteiger partial charge in [-0.05, 0) is 36.4 Å². The fraction of sp³-hybridized carbons (Fsp3) is 0. The lowest BCUT2D eigenvalue weighted by atomic mass is 10.1. The second-order valence-electron chi connectivity index (χ2n) is 3.98. The van der Waals surface area contributed by atoms with Crippen LogP contribution in [-0.2, 0) is 0 Å². The van der Waals surface area contributed by atoms with E-state index in [9.17, 15) is 4.79 Å². The van der Waals surface area contributed by atoms with Gasteiger partial charge in [0.15, 0.2) is 0 Å². The van der Waals surface area contributed by atoms with Gasteiger partial charge in [-0.1, -0.05) is 24.4 Å². The van der Waals surface area contributed by atoms with Crippen molar-refractivity contribution in [2.45, 2.75) is 0 Å². The minimum Gasteiger partial charge on any atom is -0.389 e. The molecule has 0 aliphatic carbocycles. The van der Waals surface area contributed by atoms with E-state index in [0.29, 0.717) is 10.6 Å². The summed E-state index contributed by atoms with van der Waals surface area (Å²) in [4.78, 5) is 11.3. The first-order valence-corrected chi connectivity index (χ1v) is 6.04. The number of nitrogens with two attached hydrogens (primary N) is 2. The summed E-state index contributed by atoms with van der Waals surface area (Å²) in [6.07, 6.45) is 0. The van der Waals surface area contributed by atoms with E-state index >= 15 is 0 Å². The summed E-state index contributed by atoms with van der Waals surface area (Å²) >= 11 is 5.00. The van der Waals surface area contributed by atoms with Crippen LogP contribution < -0.4 is 16.8 Å². The maximum atomic E-state index is 11.0. The van der Waals surface area contributed by atoms with Crippen LogP contribution in [0.2, 0.25) is 0 Å². The van der Waals surface area contributed by atoms with Gasteiger partial charge in [-0.15, -0.1) is 0 Å². The predicted octanol–water partition coefficient (Wildman–Crippen LogP) is 2.16. The Kier molecular flexibility index (Phi) is 3.77. The summed E-state index contributed by atoms with van der Waals surface area (Å²) in [6.45, 7) is 0. The second kappa shape index (κ2) is 5.49. The molecule has 0 heterocycles. The van der Waals surface area contributed by atoms with Crippen LogP contribution >= 0.6 is 12.2 Å². The van der Waals surface area contributed by atoms with Crippen molar-refractivity contribution in [2.75, 3.05) is 5.32 Å². The van der Waals surface area contributed by atoms with Crippen molar-refractivity contribution < 1.29 is 4.79 Å². The predicted molar refractivity (Wildman–Crippen MR) is 80.6 cm³/mol. The maximum Gasteiger partial charge on any atom is 0.248 e. The summed E-state index contributed by atoms with van der Waals surface area (Å²) in [7, 11) is 0. The average Bonchev–Trinajstić information content (AvgIpc) is 2.39. The monoisotopic (exact) mass is 271 g/mol. The SMILES string of the molecule is NC(=O)c1ccc(Nc2ccccc2C(N)=S)cc1. The molecule has 0 fully saturated rings. The number of carbonyl (C=O) groups excluding carboxylic acids is 1. The molecule has 96 valence electrons. The first kappa shape index (κ1) is 13.0. The zero-order valence-corrected chi connectivity index (χ0v) is 10.9. The van der Waals surface area contributed by atoms with E-state index in [-0.39, 0.29) is 0 Å². The Morgan fingerprint density at radius 2 is 1.63 bits per heavy atom. The zero-order chi connectivity index (χ0) is 13.8. The largest absolute Gasteiger partial charge is 0.389 e. The summed E-state index contributed by atoms with van der Waals surface area (Å²) in [5.74, 6) is -0.449. The van der Waals surface area contributed by atoms with E-state index in [1.54, 1.807) is 24.3 Å². The highest BCUT2D eigenvalue weighted by atomic mass is 32.1. The Hall–Kier alpha value is -2.40. The Labute approximate surface area is 116 Å². The molecule has 0 aliphatic rings. The Balaban J connectivity index is 2.26. The molecule has 0 aromatic heterocycles. The first-order valence-electron chi connectivity index (χ1n) is 5.63. The molecule has 5 N–H and O–H groups in total. The lowest BCUT2D eigenvalue weighted by molar-refractivity contribution is 0.100. The van der Waals surface area contributed by atoms with E-state index in [1.807, 2.05) is 24.3 Å². The van der Waals surface area contributed by atoms with E-state index in [2.05, 4.69) is 5.32 Å². The van der Waals surface area contributed by atoms with Crippen LogP contribution in [0, 0.1) is 0 Å². The molecule has 0 unspecified atom stereocenters. The number of nitrogens with one attached hydrogen (secondary N) is 1. The Morgan fingerprint density at radius 1 is 1.00 bits per heavy atom. The molecule has 4 nitrogen and oxygen atoms in total. The normalized spacial score (nSPS) is 9.89. The summed E-state index contributed by atoms with van der Waals surface area (Å²) in [5, 5.41) is 3.20. The van der Waals surface area contributed by atoms with Gasteiger partial charge < -0.3 is 16.8 Å². The van der Waals surface area contributed by atoms with Gasteiger partial charge in [0.05, 0.1) is 0 Å². The molecule has 0 spiro atoms. The lowest BCUT2D eigenvalue weighted by Crippen LogP contribution is -2.12.